The number of ether oxygens (including phenoxy) is 1. The van der Waals surface area contributed by atoms with Gasteiger partial charge in [-0.1, -0.05) is 45.7 Å². The van der Waals surface area contributed by atoms with Crippen molar-refractivity contribution < 1.29 is 18.3 Å². The Morgan fingerprint density at radius 2 is 1.82 bits per heavy atom. The van der Waals surface area contributed by atoms with Crippen LogP contribution in [0.15, 0.2) is 24.3 Å². The summed E-state index contributed by atoms with van der Waals surface area (Å²) >= 11 is 0. The van der Waals surface area contributed by atoms with E-state index in [1.807, 2.05) is 29.2 Å². The second-order valence-electron chi connectivity index (χ2n) is 9.06. The van der Waals surface area contributed by atoms with Gasteiger partial charge in [-0.05, 0) is 43.1 Å². The molecular formula is C22H36FNO3Si. The molecule has 6 heteroatoms. The highest BCUT2D eigenvalue weighted by atomic mass is 28.4. The number of hydrogen-bond donors (Lipinski definition) is 0. The summed E-state index contributed by atoms with van der Waals surface area (Å²) in [6.45, 7) is 12.0. The minimum atomic E-state index is -1.85. The summed E-state index contributed by atoms with van der Waals surface area (Å²) in [6, 6.07) is 7.69. The van der Waals surface area contributed by atoms with Gasteiger partial charge in [-0.3, -0.25) is 9.18 Å². The smallest absolute Gasteiger partial charge is 0.268 e. The topological polar surface area (TPSA) is 38.8 Å². The summed E-state index contributed by atoms with van der Waals surface area (Å²) < 4.78 is 24.5. The molecule has 2 rings (SSSR count). The first-order valence-electron chi connectivity index (χ1n) is 10.4. The van der Waals surface area contributed by atoms with E-state index >= 15 is 0 Å². The molecule has 4 nitrogen and oxygen atoms in total. The summed E-state index contributed by atoms with van der Waals surface area (Å²) in [5, 5.41) is 0.142. The molecule has 0 bridgehead atoms. The largest absolute Gasteiger partial charge is 0.478 e. The van der Waals surface area contributed by atoms with E-state index in [1.54, 1.807) is 0 Å². The van der Waals surface area contributed by atoms with Gasteiger partial charge in [-0.15, -0.1) is 0 Å². The zero-order valence-corrected chi connectivity index (χ0v) is 19.1. The third-order valence-electron chi connectivity index (χ3n) is 5.88. The Morgan fingerprint density at radius 1 is 1.14 bits per heavy atom. The predicted octanol–water partition coefficient (Wildman–Crippen LogP) is 5.72. The quantitative estimate of drug-likeness (QED) is 0.366. The van der Waals surface area contributed by atoms with Crippen LogP contribution in [0.4, 0.5) is 10.1 Å². The average Bonchev–Trinajstić information content (AvgIpc) is 2.62. The van der Waals surface area contributed by atoms with Crippen molar-refractivity contribution in [2.45, 2.75) is 77.1 Å². The number of hydrogen-bond acceptors (Lipinski definition) is 3. The lowest BCUT2D eigenvalue weighted by atomic mass is 10.1. The Morgan fingerprint density at radius 3 is 2.50 bits per heavy atom. The number of nitrogens with zero attached hydrogens (tertiary/aromatic N) is 1. The second-order valence-corrected chi connectivity index (χ2v) is 13.9. The van der Waals surface area contributed by atoms with Gasteiger partial charge in [-0.2, -0.15) is 0 Å². The molecule has 1 unspecified atom stereocenters. The van der Waals surface area contributed by atoms with E-state index < -0.39 is 14.4 Å². The molecule has 0 saturated carbocycles. The maximum atomic E-state index is 13.1. The lowest BCUT2D eigenvalue weighted by Gasteiger charge is -2.37. The van der Waals surface area contributed by atoms with Gasteiger partial charge in [0.05, 0.1) is 12.4 Å². The van der Waals surface area contributed by atoms with Crippen LogP contribution in [0.1, 0.15) is 52.9 Å². The van der Waals surface area contributed by atoms with Crippen LogP contribution in [0.25, 0.3) is 0 Å². The molecule has 0 aliphatic carbocycles. The zero-order chi connectivity index (χ0) is 20.8. The molecule has 28 heavy (non-hydrogen) atoms. The van der Waals surface area contributed by atoms with Crippen molar-refractivity contribution in [3.63, 3.8) is 0 Å². The summed E-state index contributed by atoms with van der Waals surface area (Å²) in [5.74, 6) is 0.756. The molecular weight excluding hydrogens is 373 g/mol. The van der Waals surface area contributed by atoms with Crippen molar-refractivity contribution in [2.24, 2.45) is 0 Å². The maximum absolute atomic E-state index is 13.1. The van der Waals surface area contributed by atoms with Gasteiger partial charge in [0, 0.05) is 19.6 Å². The SMILES string of the molecule is CC(C)(C)[Si](C)(C)OCCC1Oc2ccccc2N(CCCCCCF)C1=O. The number of benzene rings is 1. The summed E-state index contributed by atoms with van der Waals surface area (Å²) in [4.78, 5) is 14.9. The molecule has 1 aromatic carbocycles. The number of alkyl halides is 1. The van der Waals surface area contributed by atoms with Gasteiger partial charge >= 0.3 is 0 Å². The van der Waals surface area contributed by atoms with Crippen molar-refractivity contribution in [3.8, 4) is 5.75 Å². The Kier molecular flexibility index (Phi) is 8.07. The highest BCUT2D eigenvalue weighted by Gasteiger charge is 2.38. The van der Waals surface area contributed by atoms with E-state index in [-0.39, 0.29) is 17.6 Å². The van der Waals surface area contributed by atoms with Crippen molar-refractivity contribution in [1.82, 2.24) is 0 Å². The van der Waals surface area contributed by atoms with Gasteiger partial charge in [0.1, 0.15) is 5.75 Å². The van der Waals surface area contributed by atoms with Gasteiger partial charge in [-0.25, -0.2) is 0 Å². The fourth-order valence-electron chi connectivity index (χ4n) is 3.04. The zero-order valence-electron chi connectivity index (χ0n) is 18.1. The molecule has 158 valence electrons. The van der Waals surface area contributed by atoms with E-state index in [9.17, 15) is 9.18 Å². The van der Waals surface area contributed by atoms with E-state index in [0.29, 0.717) is 26.0 Å². The van der Waals surface area contributed by atoms with Gasteiger partial charge in [0.15, 0.2) is 14.4 Å². The Hall–Kier alpha value is -1.40. The summed E-state index contributed by atoms with van der Waals surface area (Å²) in [7, 11) is -1.85. The molecule has 0 spiro atoms. The van der Waals surface area contributed by atoms with Crippen LogP contribution in [0.2, 0.25) is 18.1 Å². The first kappa shape index (κ1) is 22.9. The van der Waals surface area contributed by atoms with E-state index in [2.05, 4.69) is 33.9 Å². The fourth-order valence-corrected chi connectivity index (χ4v) is 4.11. The third kappa shape index (κ3) is 5.80. The molecule has 1 atom stereocenters. The number of halogens is 1. The number of anilines is 1. The monoisotopic (exact) mass is 409 g/mol. The molecule has 1 aliphatic heterocycles. The normalized spacial score (nSPS) is 17.4. The fraction of sp³-hybridized carbons (Fsp3) is 0.682. The molecule has 1 aromatic rings. The number of fused-ring (bicyclic) bond motifs is 1. The first-order valence-corrected chi connectivity index (χ1v) is 13.3. The molecule has 0 N–H and O–H groups in total. The number of carbonyl (C=O) groups excluding carboxylic acids is 1. The first-order chi connectivity index (χ1) is 13.2. The molecule has 0 radical (unpaired) electrons. The highest BCUT2D eigenvalue weighted by molar-refractivity contribution is 6.74. The van der Waals surface area contributed by atoms with E-state index in [4.69, 9.17) is 9.16 Å². The molecule has 0 aromatic heterocycles. The average molecular weight is 410 g/mol. The van der Waals surface area contributed by atoms with Crippen LogP contribution in [-0.4, -0.2) is 40.2 Å². The van der Waals surface area contributed by atoms with Crippen LogP contribution in [0, 0.1) is 0 Å². The van der Waals surface area contributed by atoms with E-state index in [0.717, 1.165) is 30.7 Å². The number of rotatable bonds is 10. The number of carbonyl (C=O) groups is 1. The van der Waals surface area contributed by atoms with Crippen molar-refractivity contribution >= 4 is 19.9 Å². The van der Waals surface area contributed by atoms with Gasteiger partial charge < -0.3 is 14.1 Å². The lowest BCUT2D eigenvalue weighted by molar-refractivity contribution is -0.127. The lowest BCUT2D eigenvalue weighted by Crippen LogP contribution is -2.47. The second kappa shape index (κ2) is 9.88. The highest BCUT2D eigenvalue weighted by Crippen LogP contribution is 2.37. The van der Waals surface area contributed by atoms with Crippen LogP contribution < -0.4 is 9.64 Å². The van der Waals surface area contributed by atoms with Crippen LogP contribution in [-0.2, 0) is 9.22 Å². The molecule has 1 aliphatic rings. The molecule has 0 saturated heterocycles. The predicted molar refractivity (Wildman–Crippen MR) is 115 cm³/mol. The van der Waals surface area contributed by atoms with Gasteiger partial charge in [0.25, 0.3) is 5.91 Å². The number of unbranched alkanes of at least 4 members (excludes halogenated alkanes) is 3. The molecule has 1 heterocycles. The minimum absolute atomic E-state index is 0.00280. The van der Waals surface area contributed by atoms with Crippen molar-refractivity contribution in [3.05, 3.63) is 24.3 Å². The Labute approximate surface area is 170 Å². The third-order valence-corrected chi connectivity index (χ3v) is 10.4. The minimum Gasteiger partial charge on any atom is -0.478 e. The standard InChI is InChI=1S/C22H36FNO3Si/c1-22(2,3)28(4,5)26-17-14-20-21(25)24(16-11-7-6-10-15-23)18-12-8-9-13-19(18)27-20/h8-9,12-13,20H,6-7,10-11,14-17H2,1-5H3. The Bertz CT molecular complexity index is 645. The van der Waals surface area contributed by atoms with Crippen molar-refractivity contribution in [1.29, 1.82) is 0 Å². The van der Waals surface area contributed by atoms with E-state index in [1.165, 1.54) is 0 Å². The summed E-state index contributed by atoms with van der Waals surface area (Å²) in [5.41, 5.74) is 0.833. The number of amides is 1. The van der Waals surface area contributed by atoms with Crippen LogP contribution in [0.5, 0.6) is 5.75 Å². The molecule has 0 fully saturated rings. The molecule has 1 amide bonds. The summed E-state index contributed by atoms with van der Waals surface area (Å²) in [6.07, 6.45) is 3.30. The van der Waals surface area contributed by atoms with Crippen molar-refractivity contribution in [2.75, 3.05) is 24.7 Å². The van der Waals surface area contributed by atoms with Gasteiger partial charge in [0.2, 0.25) is 0 Å². The maximum Gasteiger partial charge on any atom is 0.268 e. The van der Waals surface area contributed by atoms with Crippen LogP contribution in [0.3, 0.4) is 0 Å². The van der Waals surface area contributed by atoms with Crippen LogP contribution >= 0.6 is 0 Å². The Balaban J connectivity index is 2.00. The number of para-hydroxylation sites is 2.